The van der Waals surface area contributed by atoms with Crippen LogP contribution in [0.25, 0.3) is 0 Å². The predicted octanol–water partition coefficient (Wildman–Crippen LogP) is 2.90. The fraction of sp³-hybridized carbons (Fsp3) is 0.857. The minimum atomic E-state index is -0.290. The molecule has 2 rings (SSSR count). The van der Waals surface area contributed by atoms with Gasteiger partial charge in [-0.05, 0) is 50.4 Å². The van der Waals surface area contributed by atoms with Crippen molar-refractivity contribution in [3.05, 3.63) is 22.3 Å². The Morgan fingerprint density at radius 1 is 0.889 bits per heavy atom. The molecule has 0 aliphatic heterocycles. The van der Waals surface area contributed by atoms with Crippen LogP contribution >= 0.6 is 0 Å². The SMILES string of the molecule is NC1CCC(/C=C\C2CCC([N+](=O)[O-])CC2)CC1. The van der Waals surface area contributed by atoms with Gasteiger partial charge < -0.3 is 5.73 Å². The van der Waals surface area contributed by atoms with Gasteiger partial charge in [0.1, 0.15) is 0 Å². The molecule has 2 aliphatic rings. The summed E-state index contributed by atoms with van der Waals surface area (Å²) in [5.41, 5.74) is 5.89. The van der Waals surface area contributed by atoms with Gasteiger partial charge in [0.05, 0.1) is 0 Å². The molecule has 0 spiro atoms. The molecule has 2 saturated carbocycles. The van der Waals surface area contributed by atoms with Gasteiger partial charge in [0.2, 0.25) is 6.04 Å². The van der Waals surface area contributed by atoms with E-state index in [0.717, 1.165) is 38.5 Å². The lowest BCUT2D eigenvalue weighted by Gasteiger charge is -2.25. The maximum Gasteiger partial charge on any atom is 0.213 e. The largest absolute Gasteiger partial charge is 0.328 e. The first-order chi connectivity index (χ1) is 8.65. The van der Waals surface area contributed by atoms with Crippen molar-refractivity contribution in [2.24, 2.45) is 17.6 Å². The number of nitro groups is 1. The third kappa shape index (κ3) is 3.80. The van der Waals surface area contributed by atoms with Crippen molar-refractivity contribution in [1.29, 1.82) is 0 Å². The van der Waals surface area contributed by atoms with Crippen molar-refractivity contribution >= 4 is 0 Å². The molecule has 0 aromatic carbocycles. The third-order valence-electron chi connectivity index (χ3n) is 4.51. The van der Waals surface area contributed by atoms with Gasteiger partial charge in [-0.1, -0.05) is 12.2 Å². The zero-order valence-corrected chi connectivity index (χ0v) is 11.0. The summed E-state index contributed by atoms with van der Waals surface area (Å²) < 4.78 is 0. The van der Waals surface area contributed by atoms with Gasteiger partial charge in [0, 0.05) is 23.8 Å². The zero-order chi connectivity index (χ0) is 13.0. The first-order valence-electron chi connectivity index (χ1n) is 7.22. The first-order valence-corrected chi connectivity index (χ1v) is 7.22. The highest BCUT2D eigenvalue weighted by molar-refractivity contribution is 4.96. The van der Waals surface area contributed by atoms with Gasteiger partial charge in [-0.15, -0.1) is 0 Å². The van der Waals surface area contributed by atoms with Gasteiger partial charge in [0.15, 0.2) is 0 Å². The molecular weight excluding hydrogens is 228 g/mol. The van der Waals surface area contributed by atoms with Crippen LogP contribution in [0.1, 0.15) is 51.4 Å². The molecular formula is C14H24N2O2. The Morgan fingerprint density at radius 2 is 1.33 bits per heavy atom. The van der Waals surface area contributed by atoms with E-state index in [-0.39, 0.29) is 11.0 Å². The van der Waals surface area contributed by atoms with Crippen LogP contribution in [-0.2, 0) is 0 Å². The second kappa shape index (κ2) is 6.32. The summed E-state index contributed by atoms with van der Waals surface area (Å²) in [7, 11) is 0. The molecule has 0 aromatic heterocycles. The molecule has 102 valence electrons. The molecule has 0 atom stereocenters. The van der Waals surface area contributed by atoms with E-state index in [0.29, 0.717) is 17.9 Å². The van der Waals surface area contributed by atoms with E-state index < -0.39 is 0 Å². The van der Waals surface area contributed by atoms with Crippen molar-refractivity contribution in [3.8, 4) is 0 Å². The minimum Gasteiger partial charge on any atom is -0.328 e. The normalized spacial score (nSPS) is 37.8. The molecule has 0 aromatic rings. The molecule has 4 heteroatoms. The van der Waals surface area contributed by atoms with Crippen LogP contribution in [0.3, 0.4) is 0 Å². The van der Waals surface area contributed by atoms with Gasteiger partial charge >= 0.3 is 0 Å². The molecule has 0 unspecified atom stereocenters. The van der Waals surface area contributed by atoms with Crippen LogP contribution in [0.2, 0.25) is 0 Å². The average molecular weight is 252 g/mol. The van der Waals surface area contributed by atoms with E-state index in [1.54, 1.807) is 0 Å². The summed E-state index contributed by atoms with van der Waals surface area (Å²) in [5.74, 6) is 1.26. The highest BCUT2D eigenvalue weighted by Crippen LogP contribution is 2.29. The molecule has 0 saturated heterocycles. The lowest BCUT2D eigenvalue weighted by molar-refractivity contribution is -0.526. The number of nitrogens with zero attached hydrogens (tertiary/aromatic N) is 1. The predicted molar refractivity (Wildman–Crippen MR) is 71.8 cm³/mol. The molecule has 18 heavy (non-hydrogen) atoms. The lowest BCUT2D eigenvalue weighted by atomic mass is 9.82. The number of hydrogen-bond acceptors (Lipinski definition) is 3. The second-order valence-electron chi connectivity index (χ2n) is 5.91. The Kier molecular flexibility index (Phi) is 4.75. The fourth-order valence-corrected chi connectivity index (χ4v) is 3.16. The Labute approximate surface area is 109 Å². The van der Waals surface area contributed by atoms with E-state index in [2.05, 4.69) is 12.2 Å². The van der Waals surface area contributed by atoms with Crippen LogP contribution in [0, 0.1) is 22.0 Å². The van der Waals surface area contributed by atoms with Crippen LogP contribution in [0.4, 0.5) is 0 Å². The van der Waals surface area contributed by atoms with Crippen molar-refractivity contribution in [1.82, 2.24) is 0 Å². The first kappa shape index (κ1) is 13.5. The number of rotatable bonds is 3. The quantitative estimate of drug-likeness (QED) is 0.477. The van der Waals surface area contributed by atoms with Crippen molar-refractivity contribution in [2.75, 3.05) is 0 Å². The third-order valence-corrected chi connectivity index (χ3v) is 4.51. The monoisotopic (exact) mass is 252 g/mol. The Hall–Kier alpha value is -0.900. The van der Waals surface area contributed by atoms with Crippen LogP contribution in [0.15, 0.2) is 12.2 Å². The molecule has 0 radical (unpaired) electrons. The van der Waals surface area contributed by atoms with E-state index >= 15 is 0 Å². The van der Waals surface area contributed by atoms with Gasteiger partial charge in [-0.25, -0.2) is 0 Å². The van der Waals surface area contributed by atoms with Crippen LogP contribution < -0.4 is 5.73 Å². The summed E-state index contributed by atoms with van der Waals surface area (Å²) in [6, 6.07) is 0.118. The molecule has 0 bridgehead atoms. The summed E-state index contributed by atoms with van der Waals surface area (Å²) in [4.78, 5) is 10.6. The minimum absolute atomic E-state index is 0.109. The molecule has 2 aliphatic carbocycles. The highest BCUT2D eigenvalue weighted by Gasteiger charge is 2.27. The van der Waals surface area contributed by atoms with Crippen LogP contribution in [0.5, 0.6) is 0 Å². The second-order valence-corrected chi connectivity index (χ2v) is 5.91. The molecule has 4 nitrogen and oxygen atoms in total. The maximum absolute atomic E-state index is 10.7. The number of allylic oxidation sites excluding steroid dienone is 2. The van der Waals surface area contributed by atoms with Crippen molar-refractivity contribution < 1.29 is 4.92 Å². The molecule has 2 fully saturated rings. The van der Waals surface area contributed by atoms with Gasteiger partial charge in [0.25, 0.3) is 0 Å². The average Bonchev–Trinajstić information content (AvgIpc) is 2.38. The molecule has 0 heterocycles. The van der Waals surface area contributed by atoms with Crippen molar-refractivity contribution in [3.63, 3.8) is 0 Å². The Balaban J connectivity index is 1.72. The summed E-state index contributed by atoms with van der Waals surface area (Å²) in [6.07, 6.45) is 12.8. The maximum atomic E-state index is 10.7. The summed E-state index contributed by atoms with van der Waals surface area (Å²) >= 11 is 0. The van der Waals surface area contributed by atoms with Gasteiger partial charge in [-0.3, -0.25) is 10.1 Å². The lowest BCUT2D eigenvalue weighted by Crippen LogP contribution is -2.26. The van der Waals surface area contributed by atoms with Gasteiger partial charge in [-0.2, -0.15) is 0 Å². The standard InChI is InChI=1S/C14H24N2O2/c15-13-7-3-11(4-8-13)1-2-12-5-9-14(10-6-12)16(17)18/h1-2,11-14H,3-10,15H2/b2-1-. The molecule has 0 amide bonds. The van der Waals surface area contributed by atoms with Crippen molar-refractivity contribution in [2.45, 2.75) is 63.5 Å². The number of hydrogen-bond donors (Lipinski definition) is 1. The fourth-order valence-electron chi connectivity index (χ4n) is 3.16. The molecule has 2 N–H and O–H groups in total. The summed E-state index contributed by atoms with van der Waals surface area (Å²) in [6.45, 7) is 0. The van der Waals surface area contributed by atoms with E-state index in [1.165, 1.54) is 12.8 Å². The van der Waals surface area contributed by atoms with E-state index in [4.69, 9.17) is 5.73 Å². The van der Waals surface area contributed by atoms with E-state index in [9.17, 15) is 10.1 Å². The van der Waals surface area contributed by atoms with Crippen LogP contribution in [-0.4, -0.2) is 17.0 Å². The number of nitrogens with two attached hydrogens (primary N) is 1. The Morgan fingerprint density at radius 3 is 1.78 bits per heavy atom. The Bertz CT molecular complexity index is 301. The van der Waals surface area contributed by atoms with E-state index in [1.807, 2.05) is 0 Å². The highest BCUT2D eigenvalue weighted by atomic mass is 16.6. The topological polar surface area (TPSA) is 69.2 Å². The summed E-state index contributed by atoms with van der Waals surface area (Å²) in [5, 5.41) is 10.7. The smallest absolute Gasteiger partial charge is 0.213 e. The zero-order valence-electron chi connectivity index (χ0n) is 11.0.